The first-order valence-corrected chi connectivity index (χ1v) is 10.6. The summed E-state index contributed by atoms with van der Waals surface area (Å²) in [6, 6.07) is 5.45. The van der Waals surface area contributed by atoms with E-state index in [4.69, 9.17) is 9.47 Å². The number of ether oxygens (including phenoxy) is 2. The highest BCUT2D eigenvalue weighted by Gasteiger charge is 2.38. The van der Waals surface area contributed by atoms with Gasteiger partial charge in [0.2, 0.25) is 11.7 Å². The van der Waals surface area contributed by atoms with E-state index < -0.39 is 45.7 Å². The normalized spacial score (nSPS) is 11.4. The molecule has 188 valence electrons. The van der Waals surface area contributed by atoms with Crippen LogP contribution in [0.3, 0.4) is 0 Å². The van der Waals surface area contributed by atoms with Crippen LogP contribution in [-0.4, -0.2) is 44.2 Å². The quantitative estimate of drug-likeness (QED) is 0.427. The lowest BCUT2D eigenvalue weighted by atomic mass is 10.2. The Morgan fingerprint density at radius 3 is 1.94 bits per heavy atom. The first-order chi connectivity index (χ1) is 16.0. The summed E-state index contributed by atoms with van der Waals surface area (Å²) in [6.45, 7) is 12.4. The van der Waals surface area contributed by atoms with E-state index in [0.717, 1.165) is 6.07 Å². The van der Waals surface area contributed by atoms with Gasteiger partial charge < -0.3 is 9.47 Å². The molecule has 0 atom stereocenters. The van der Waals surface area contributed by atoms with Crippen molar-refractivity contribution in [1.82, 2.24) is 9.97 Å². The number of anilines is 3. The van der Waals surface area contributed by atoms with E-state index in [9.17, 15) is 24.5 Å². The predicted octanol–water partition coefficient (Wildman–Crippen LogP) is 5.05. The fourth-order valence-corrected chi connectivity index (χ4v) is 2.87. The van der Waals surface area contributed by atoms with Crippen molar-refractivity contribution in [1.29, 1.82) is 0 Å². The number of aromatic nitrogens is 2. The van der Waals surface area contributed by atoms with Crippen LogP contribution in [-0.2, 0) is 14.3 Å². The van der Waals surface area contributed by atoms with Crippen LogP contribution in [0.5, 0.6) is 0 Å². The fraction of sp³-hybridized carbons (Fsp3) is 0.435. The summed E-state index contributed by atoms with van der Waals surface area (Å²) >= 11 is 0. The number of rotatable bonds is 4. The maximum Gasteiger partial charge on any atom is 0.426 e. The first kappa shape index (κ1) is 27.2. The predicted molar refractivity (Wildman–Crippen MR) is 128 cm³/mol. The van der Waals surface area contributed by atoms with E-state index in [1.165, 1.54) is 24.1 Å². The van der Waals surface area contributed by atoms with Gasteiger partial charge in [0.25, 0.3) is 0 Å². The number of imide groups is 1. The first-order valence-electron chi connectivity index (χ1n) is 10.6. The third-order valence-electron chi connectivity index (χ3n) is 4.08. The Balaban J connectivity index is 2.76. The zero-order chi connectivity index (χ0) is 26.7. The van der Waals surface area contributed by atoms with Crippen LogP contribution in [0.1, 0.15) is 54.2 Å². The highest BCUT2D eigenvalue weighted by atomic mass is 16.6. The Morgan fingerprint density at radius 1 is 0.971 bits per heavy atom. The molecule has 12 heteroatoms. The molecule has 0 radical (unpaired) electrons. The number of carbonyl (C=O) groups is 3. The van der Waals surface area contributed by atoms with Gasteiger partial charge in [-0.25, -0.2) is 14.6 Å². The summed E-state index contributed by atoms with van der Waals surface area (Å²) in [5.41, 5.74) is -1.74. The van der Waals surface area contributed by atoms with Gasteiger partial charge in [-0.15, -0.1) is 0 Å². The minimum atomic E-state index is -1.23. The number of pyridine rings is 2. The highest BCUT2D eigenvalue weighted by molar-refractivity contribution is 6.10. The molecule has 2 aromatic rings. The minimum Gasteiger partial charge on any atom is -0.443 e. The Kier molecular flexibility index (Phi) is 7.79. The molecule has 0 aliphatic carbocycles. The average Bonchev–Trinajstić information content (AvgIpc) is 2.65. The minimum absolute atomic E-state index is 0.0687. The molecule has 12 nitrogen and oxygen atoms in total. The van der Waals surface area contributed by atoms with E-state index in [-0.39, 0.29) is 5.82 Å². The average molecular weight is 488 g/mol. The van der Waals surface area contributed by atoms with Gasteiger partial charge in [-0.1, -0.05) is 0 Å². The van der Waals surface area contributed by atoms with E-state index in [1.54, 1.807) is 60.6 Å². The van der Waals surface area contributed by atoms with E-state index in [0.29, 0.717) is 16.3 Å². The van der Waals surface area contributed by atoms with Gasteiger partial charge in [-0.05, 0) is 66.7 Å². The van der Waals surface area contributed by atoms with E-state index >= 15 is 0 Å². The lowest BCUT2D eigenvalue weighted by Crippen LogP contribution is -2.44. The van der Waals surface area contributed by atoms with Crippen molar-refractivity contribution in [3.63, 3.8) is 0 Å². The third kappa shape index (κ3) is 7.19. The SMILES string of the molecule is CC(=O)N(c1ccnc(C)c1)c1ccc([N+](=O)[O-])c(N(C(=O)OC(C)(C)C)C(=O)OC(C)(C)C)n1. The van der Waals surface area contributed by atoms with Crippen molar-refractivity contribution >= 4 is 41.1 Å². The number of amides is 3. The van der Waals surface area contributed by atoms with Gasteiger partial charge in [0.15, 0.2) is 0 Å². The molecule has 0 saturated carbocycles. The second-order valence-corrected chi connectivity index (χ2v) is 9.58. The Bertz CT molecular complexity index is 1120. The molecule has 0 spiro atoms. The van der Waals surface area contributed by atoms with Crippen LogP contribution in [0.15, 0.2) is 30.5 Å². The topological polar surface area (TPSA) is 145 Å². The van der Waals surface area contributed by atoms with E-state index in [2.05, 4.69) is 9.97 Å². The fourth-order valence-electron chi connectivity index (χ4n) is 2.87. The molecule has 35 heavy (non-hydrogen) atoms. The number of hydrogen-bond donors (Lipinski definition) is 0. The summed E-state index contributed by atoms with van der Waals surface area (Å²) < 4.78 is 10.6. The van der Waals surface area contributed by atoms with Gasteiger partial charge in [0.05, 0.1) is 10.6 Å². The molecule has 3 amide bonds. The Hall–Kier alpha value is -4.09. The summed E-state index contributed by atoms with van der Waals surface area (Å²) in [5.74, 6) is -1.20. The van der Waals surface area contributed by atoms with Crippen molar-refractivity contribution in [2.45, 2.75) is 66.6 Å². The maximum atomic E-state index is 13.0. The van der Waals surface area contributed by atoms with Gasteiger partial charge in [-0.3, -0.25) is 24.8 Å². The summed E-state index contributed by atoms with van der Waals surface area (Å²) in [4.78, 5) is 59.4. The number of hydrogen-bond acceptors (Lipinski definition) is 9. The van der Waals surface area contributed by atoms with Crippen LogP contribution < -0.4 is 9.80 Å². The molecule has 0 fully saturated rings. The summed E-state index contributed by atoms with van der Waals surface area (Å²) in [5, 5.41) is 11.8. The molecule has 0 saturated heterocycles. The summed E-state index contributed by atoms with van der Waals surface area (Å²) in [7, 11) is 0. The largest absolute Gasteiger partial charge is 0.443 e. The van der Waals surface area contributed by atoms with Gasteiger partial charge >= 0.3 is 17.9 Å². The second kappa shape index (κ2) is 10.0. The van der Waals surface area contributed by atoms with Crippen LogP contribution in [0.2, 0.25) is 0 Å². The molecule has 0 aromatic carbocycles. The van der Waals surface area contributed by atoms with E-state index in [1.807, 2.05) is 0 Å². The standard InChI is InChI=1S/C23H29N5O7/c1-14-13-16(11-12-24-14)26(15(2)29)18-10-9-17(28(32)33)19(25-18)27(20(30)34-22(3,4)5)21(31)35-23(6,7)8/h9-13H,1-8H3. The maximum absolute atomic E-state index is 13.0. The molecule has 0 bridgehead atoms. The van der Waals surface area contributed by atoms with Crippen LogP contribution in [0.4, 0.5) is 32.6 Å². The molecule has 2 rings (SSSR count). The van der Waals surface area contributed by atoms with Gasteiger partial charge in [0, 0.05) is 24.9 Å². The lowest BCUT2D eigenvalue weighted by molar-refractivity contribution is -0.384. The van der Waals surface area contributed by atoms with Gasteiger partial charge in [-0.2, -0.15) is 4.90 Å². The zero-order valence-corrected chi connectivity index (χ0v) is 21.0. The molecule has 2 aromatic heterocycles. The highest BCUT2D eigenvalue weighted by Crippen LogP contribution is 2.34. The van der Waals surface area contributed by atoms with Crippen molar-refractivity contribution in [3.8, 4) is 0 Å². The smallest absolute Gasteiger partial charge is 0.426 e. The molecule has 0 aliphatic heterocycles. The van der Waals surface area contributed by atoms with Crippen molar-refractivity contribution in [3.05, 3.63) is 46.3 Å². The van der Waals surface area contributed by atoms with Gasteiger partial charge in [0.1, 0.15) is 17.0 Å². The number of nitrogens with zero attached hydrogens (tertiary/aromatic N) is 5. The number of aryl methyl sites for hydroxylation is 1. The van der Waals surface area contributed by atoms with Crippen molar-refractivity contribution < 1.29 is 28.8 Å². The van der Waals surface area contributed by atoms with Crippen molar-refractivity contribution in [2.75, 3.05) is 9.80 Å². The van der Waals surface area contributed by atoms with Crippen molar-refractivity contribution in [2.24, 2.45) is 0 Å². The third-order valence-corrected chi connectivity index (χ3v) is 4.08. The second-order valence-electron chi connectivity index (χ2n) is 9.58. The lowest BCUT2D eigenvalue weighted by Gasteiger charge is -2.28. The molecule has 0 N–H and O–H groups in total. The molecule has 0 unspecified atom stereocenters. The van der Waals surface area contributed by atoms with Crippen LogP contribution >= 0.6 is 0 Å². The monoisotopic (exact) mass is 487 g/mol. The number of nitro groups is 1. The molecule has 2 heterocycles. The Morgan fingerprint density at radius 2 is 1.51 bits per heavy atom. The van der Waals surface area contributed by atoms with Crippen LogP contribution in [0, 0.1) is 17.0 Å². The summed E-state index contributed by atoms with van der Waals surface area (Å²) in [6.07, 6.45) is -0.970. The van der Waals surface area contributed by atoms with Crippen LogP contribution in [0.25, 0.3) is 0 Å². The molecular weight excluding hydrogens is 458 g/mol. The number of carbonyl (C=O) groups excluding carboxylic acids is 3. The molecule has 0 aliphatic rings. The molecular formula is C23H29N5O7. The Labute approximate surface area is 203 Å². The zero-order valence-electron chi connectivity index (χ0n) is 21.0.